The molecule has 2 atom stereocenters. The molecule has 2 rings (SSSR count). The monoisotopic (exact) mass is 299 g/mol. The average Bonchev–Trinajstić information content (AvgIpc) is 2.36. The van der Waals surface area contributed by atoms with Gasteiger partial charge >= 0.3 is 0 Å². The van der Waals surface area contributed by atoms with E-state index in [0.717, 1.165) is 12.8 Å². The molecule has 0 radical (unpaired) electrons. The molecule has 1 aliphatic heterocycles. The number of hydrogen-bond donors (Lipinski definition) is 0. The predicted octanol–water partition coefficient (Wildman–Crippen LogP) is 3.72. The van der Waals surface area contributed by atoms with Crippen molar-refractivity contribution in [2.45, 2.75) is 51.6 Å². The quantitative estimate of drug-likeness (QED) is 0.628. The molecular formula is C14H18ClNO4. The van der Waals surface area contributed by atoms with Crippen molar-refractivity contribution < 1.29 is 14.4 Å². The second-order valence-electron chi connectivity index (χ2n) is 5.19. The van der Waals surface area contributed by atoms with Gasteiger partial charge in [-0.25, -0.2) is 0 Å². The van der Waals surface area contributed by atoms with E-state index in [-0.39, 0.29) is 30.6 Å². The third-order valence-corrected chi connectivity index (χ3v) is 3.74. The van der Waals surface area contributed by atoms with Crippen LogP contribution in [0.15, 0.2) is 18.2 Å². The summed E-state index contributed by atoms with van der Waals surface area (Å²) < 4.78 is 11.5. The van der Waals surface area contributed by atoms with Gasteiger partial charge in [-0.05, 0) is 32.8 Å². The number of hydrogen-bond acceptors (Lipinski definition) is 4. The van der Waals surface area contributed by atoms with E-state index in [1.54, 1.807) is 0 Å². The smallest absolute Gasteiger partial charge is 0.269 e. The molecule has 0 N–H and O–H groups in total. The Kier molecular flexibility index (Phi) is 4.96. The summed E-state index contributed by atoms with van der Waals surface area (Å²) in [6.45, 7) is 4.32. The van der Waals surface area contributed by atoms with Gasteiger partial charge in [0.2, 0.25) is 0 Å². The maximum atomic E-state index is 10.8. The summed E-state index contributed by atoms with van der Waals surface area (Å²) in [5.41, 5.74) is 0.675. The molecule has 1 aromatic rings. The number of nitrogens with zero attached hydrogens (tertiary/aromatic N) is 1. The number of benzene rings is 1. The molecule has 1 saturated heterocycles. The van der Waals surface area contributed by atoms with Crippen molar-refractivity contribution >= 4 is 17.3 Å². The first-order chi connectivity index (χ1) is 9.45. The minimum atomic E-state index is -0.432. The van der Waals surface area contributed by atoms with E-state index in [9.17, 15) is 10.1 Å². The van der Waals surface area contributed by atoms with E-state index in [4.69, 9.17) is 21.1 Å². The molecule has 0 spiro atoms. The highest BCUT2D eigenvalue weighted by atomic mass is 35.5. The summed E-state index contributed by atoms with van der Waals surface area (Å²) in [7, 11) is 0. The van der Waals surface area contributed by atoms with Crippen molar-refractivity contribution in [3.63, 3.8) is 0 Å². The first kappa shape index (κ1) is 15.2. The van der Waals surface area contributed by atoms with Gasteiger partial charge in [-0.2, -0.15) is 0 Å². The first-order valence-electron chi connectivity index (χ1n) is 6.65. The van der Waals surface area contributed by atoms with E-state index >= 15 is 0 Å². The second kappa shape index (κ2) is 6.52. The minimum Gasteiger partial charge on any atom is -0.375 e. The van der Waals surface area contributed by atoms with Gasteiger partial charge in [0.25, 0.3) is 5.69 Å². The summed E-state index contributed by atoms with van der Waals surface area (Å²) in [6.07, 6.45) is 2.10. The highest BCUT2D eigenvalue weighted by molar-refractivity contribution is 6.31. The number of non-ortho nitro benzene ring substituents is 1. The normalized spacial score (nSPS) is 26.4. The zero-order valence-corrected chi connectivity index (χ0v) is 12.3. The first-order valence-corrected chi connectivity index (χ1v) is 7.03. The molecule has 6 heteroatoms. The third kappa shape index (κ3) is 3.91. The van der Waals surface area contributed by atoms with Crippen LogP contribution in [0.3, 0.4) is 0 Å². The van der Waals surface area contributed by atoms with Gasteiger partial charge in [0.15, 0.2) is 0 Å². The molecule has 5 nitrogen and oxygen atoms in total. The van der Waals surface area contributed by atoms with Crippen LogP contribution < -0.4 is 0 Å². The Morgan fingerprint density at radius 1 is 1.40 bits per heavy atom. The summed E-state index contributed by atoms with van der Waals surface area (Å²) in [6, 6.07) is 4.40. The standard InChI is InChI=1S/C14H18ClNO4/c1-9-5-13(6-10(2)20-9)19-8-11-7-12(16(17)18)3-4-14(11)15/h3-4,7,9-10,13H,5-6,8H2,1-2H3. The van der Waals surface area contributed by atoms with Gasteiger partial charge in [0, 0.05) is 22.7 Å². The van der Waals surface area contributed by atoms with Crippen molar-refractivity contribution in [1.82, 2.24) is 0 Å². The van der Waals surface area contributed by atoms with Crippen molar-refractivity contribution in [2.24, 2.45) is 0 Å². The zero-order valence-electron chi connectivity index (χ0n) is 11.5. The Bertz CT molecular complexity index is 484. The van der Waals surface area contributed by atoms with Crippen LogP contribution in [-0.2, 0) is 16.1 Å². The summed E-state index contributed by atoms with van der Waals surface area (Å²) in [5.74, 6) is 0. The SMILES string of the molecule is CC1CC(OCc2cc([N+](=O)[O-])ccc2Cl)CC(C)O1. The molecule has 110 valence electrons. The van der Waals surface area contributed by atoms with Gasteiger partial charge in [-0.1, -0.05) is 11.6 Å². The van der Waals surface area contributed by atoms with Crippen LogP contribution in [0.1, 0.15) is 32.3 Å². The Labute approximate surface area is 123 Å². The lowest BCUT2D eigenvalue weighted by atomic mass is 10.0. The van der Waals surface area contributed by atoms with Crippen LogP contribution in [0.5, 0.6) is 0 Å². The van der Waals surface area contributed by atoms with Crippen LogP contribution in [0.25, 0.3) is 0 Å². The van der Waals surface area contributed by atoms with Gasteiger partial charge in [0.1, 0.15) is 0 Å². The lowest BCUT2D eigenvalue weighted by molar-refractivity contribution is -0.385. The molecule has 0 aliphatic carbocycles. The van der Waals surface area contributed by atoms with Gasteiger partial charge in [0.05, 0.1) is 29.8 Å². The van der Waals surface area contributed by atoms with Crippen LogP contribution >= 0.6 is 11.6 Å². The molecule has 1 aromatic carbocycles. The lowest BCUT2D eigenvalue weighted by Crippen LogP contribution is -2.34. The minimum absolute atomic E-state index is 0.0294. The Morgan fingerprint density at radius 3 is 2.65 bits per heavy atom. The van der Waals surface area contributed by atoms with Gasteiger partial charge in [-0.15, -0.1) is 0 Å². The van der Waals surface area contributed by atoms with Crippen LogP contribution in [0.4, 0.5) is 5.69 Å². The van der Waals surface area contributed by atoms with E-state index in [1.165, 1.54) is 18.2 Å². The Morgan fingerprint density at radius 2 is 2.05 bits per heavy atom. The van der Waals surface area contributed by atoms with Gasteiger partial charge in [-0.3, -0.25) is 10.1 Å². The number of rotatable bonds is 4. The van der Waals surface area contributed by atoms with E-state index in [1.807, 2.05) is 13.8 Å². The topological polar surface area (TPSA) is 61.6 Å². The molecule has 0 saturated carbocycles. The van der Waals surface area contributed by atoms with Crippen molar-refractivity contribution in [1.29, 1.82) is 0 Å². The number of nitro groups is 1. The molecule has 2 unspecified atom stereocenters. The van der Waals surface area contributed by atoms with Crippen molar-refractivity contribution in [3.05, 3.63) is 38.9 Å². The highest BCUT2D eigenvalue weighted by Crippen LogP contribution is 2.26. The fourth-order valence-corrected chi connectivity index (χ4v) is 2.65. The van der Waals surface area contributed by atoms with Crippen molar-refractivity contribution in [2.75, 3.05) is 0 Å². The lowest BCUT2D eigenvalue weighted by Gasteiger charge is -2.32. The maximum absolute atomic E-state index is 10.8. The molecule has 1 aliphatic rings. The second-order valence-corrected chi connectivity index (χ2v) is 5.60. The number of ether oxygens (including phenoxy) is 2. The zero-order chi connectivity index (χ0) is 14.7. The van der Waals surface area contributed by atoms with E-state index in [0.29, 0.717) is 10.6 Å². The fourth-order valence-electron chi connectivity index (χ4n) is 2.47. The molecule has 1 fully saturated rings. The summed E-state index contributed by atoms with van der Waals surface area (Å²) in [4.78, 5) is 10.3. The molecule has 0 aromatic heterocycles. The predicted molar refractivity (Wildman–Crippen MR) is 75.9 cm³/mol. The number of halogens is 1. The van der Waals surface area contributed by atoms with E-state index < -0.39 is 4.92 Å². The van der Waals surface area contributed by atoms with Crippen molar-refractivity contribution in [3.8, 4) is 0 Å². The van der Waals surface area contributed by atoms with E-state index in [2.05, 4.69) is 0 Å². The number of nitro benzene ring substituents is 1. The summed E-state index contributed by atoms with van der Waals surface area (Å²) in [5, 5.41) is 11.3. The molecule has 0 bridgehead atoms. The molecule has 0 amide bonds. The molecule has 1 heterocycles. The fraction of sp³-hybridized carbons (Fsp3) is 0.571. The van der Waals surface area contributed by atoms with Gasteiger partial charge < -0.3 is 9.47 Å². The van der Waals surface area contributed by atoms with Crippen LogP contribution in [0, 0.1) is 10.1 Å². The maximum Gasteiger partial charge on any atom is 0.269 e. The largest absolute Gasteiger partial charge is 0.375 e. The average molecular weight is 300 g/mol. The highest BCUT2D eigenvalue weighted by Gasteiger charge is 2.25. The Hall–Kier alpha value is -1.17. The molecular weight excluding hydrogens is 282 g/mol. The van der Waals surface area contributed by atoms with Crippen LogP contribution in [0.2, 0.25) is 5.02 Å². The summed E-state index contributed by atoms with van der Waals surface area (Å²) >= 11 is 6.05. The third-order valence-electron chi connectivity index (χ3n) is 3.37. The molecule has 20 heavy (non-hydrogen) atoms. The Balaban J connectivity index is 1.99. The van der Waals surface area contributed by atoms with Crippen LogP contribution in [-0.4, -0.2) is 23.2 Å².